The minimum Gasteiger partial charge on any atom is -0.0879 e. The van der Waals surface area contributed by atoms with Crippen molar-refractivity contribution >= 4 is 66.1 Å². The van der Waals surface area contributed by atoms with Crippen molar-refractivity contribution in [3.63, 3.8) is 0 Å². The van der Waals surface area contributed by atoms with E-state index in [2.05, 4.69) is 196 Å². The Bertz CT molecular complexity index is 1640. The summed E-state index contributed by atoms with van der Waals surface area (Å²) in [5, 5.41) is 11.7. The van der Waals surface area contributed by atoms with Gasteiger partial charge in [0.1, 0.15) is 8.07 Å². The minimum absolute atomic E-state index is 0.741. The van der Waals surface area contributed by atoms with Crippen molar-refractivity contribution in [2.24, 2.45) is 0 Å². The fourth-order valence-electron chi connectivity index (χ4n) is 6.21. The predicted octanol–water partition coefficient (Wildman–Crippen LogP) is 7.36. The Morgan fingerprint density at radius 2 is 0.733 bits per heavy atom. The van der Waals surface area contributed by atoms with Crippen LogP contribution in [-0.4, -0.2) is 8.07 Å². The molecule has 6 aromatic carbocycles. The number of allylic oxidation sites excluding steroid dienone is 2. The number of hydrogen-bond donors (Lipinski definition) is 0. The summed E-state index contributed by atoms with van der Waals surface area (Å²) in [4.78, 5) is 0. The lowest BCUT2D eigenvalue weighted by Gasteiger charge is -2.36. The maximum Gasteiger partial charge on any atom is 0.120 e. The molecule has 0 heterocycles. The molecule has 0 amide bonds. The highest BCUT2D eigenvalue weighted by Gasteiger charge is 2.38. The molecule has 3 heteroatoms. The standard InChI is InChI=1S/C42H40P2Si/c1-34(2)32-33-45(3,41-30-18-16-28-39(41)43(35-20-8-4-9-21-35)36-22-10-5-11-23-36)42-31-19-17-29-40(42)44(37-24-12-6-13-25-37)38-26-14-7-15-27-38/h4-32H,33H2,1-3H3. The van der Waals surface area contributed by atoms with E-state index < -0.39 is 23.9 Å². The van der Waals surface area contributed by atoms with Gasteiger partial charge < -0.3 is 0 Å². The molecule has 0 fully saturated rings. The van der Waals surface area contributed by atoms with Crippen molar-refractivity contribution in [2.45, 2.75) is 26.4 Å². The van der Waals surface area contributed by atoms with E-state index in [0.717, 1.165) is 6.04 Å². The molecule has 0 spiro atoms. The van der Waals surface area contributed by atoms with Crippen LogP contribution in [0.4, 0.5) is 0 Å². The van der Waals surface area contributed by atoms with Gasteiger partial charge in [-0.3, -0.25) is 0 Å². The van der Waals surface area contributed by atoms with Crippen molar-refractivity contribution in [3.8, 4) is 0 Å². The van der Waals surface area contributed by atoms with Gasteiger partial charge in [0.05, 0.1) is 0 Å². The monoisotopic (exact) mass is 634 g/mol. The lowest BCUT2D eigenvalue weighted by atomic mass is 10.3. The van der Waals surface area contributed by atoms with Crippen molar-refractivity contribution in [3.05, 3.63) is 182 Å². The Morgan fingerprint density at radius 3 is 1.04 bits per heavy atom. The smallest absolute Gasteiger partial charge is 0.0879 e. The van der Waals surface area contributed by atoms with Crippen molar-refractivity contribution in [1.82, 2.24) is 0 Å². The summed E-state index contributed by atoms with van der Waals surface area (Å²) >= 11 is 0. The third kappa shape index (κ3) is 6.88. The zero-order valence-electron chi connectivity index (χ0n) is 26.3. The average Bonchev–Trinajstić information content (AvgIpc) is 3.10. The van der Waals surface area contributed by atoms with E-state index in [0.29, 0.717) is 0 Å². The van der Waals surface area contributed by atoms with Crippen molar-refractivity contribution in [1.29, 1.82) is 0 Å². The molecular formula is C42H40P2Si. The average molecular weight is 635 g/mol. The zero-order chi connectivity index (χ0) is 31.1. The molecule has 0 saturated heterocycles. The first-order valence-corrected chi connectivity index (χ1v) is 21.1. The van der Waals surface area contributed by atoms with Gasteiger partial charge in [-0.1, -0.05) is 188 Å². The molecule has 0 unspecified atom stereocenters. The van der Waals surface area contributed by atoms with Crippen molar-refractivity contribution < 1.29 is 0 Å². The van der Waals surface area contributed by atoms with Gasteiger partial charge in [0.2, 0.25) is 0 Å². The molecule has 0 bridgehead atoms. The largest absolute Gasteiger partial charge is 0.120 e. The first-order chi connectivity index (χ1) is 22.1. The van der Waals surface area contributed by atoms with Crippen LogP contribution >= 0.6 is 15.8 Å². The topological polar surface area (TPSA) is 0 Å². The first kappa shape index (κ1) is 31.1. The molecule has 0 N–H and O–H groups in total. The van der Waals surface area contributed by atoms with Gasteiger partial charge in [-0.2, -0.15) is 0 Å². The SMILES string of the molecule is CC(C)=CC[Si](C)(c1ccccc1P(c1ccccc1)c1ccccc1)c1ccccc1P(c1ccccc1)c1ccccc1. The summed E-state index contributed by atoms with van der Waals surface area (Å²) in [6, 6.07) is 64.5. The second-order valence-corrected chi connectivity index (χ2v) is 20.4. The summed E-state index contributed by atoms with van der Waals surface area (Å²) in [5.41, 5.74) is 1.38. The highest BCUT2D eigenvalue weighted by molar-refractivity contribution is 7.81. The second kappa shape index (κ2) is 14.5. The minimum atomic E-state index is -2.35. The third-order valence-electron chi connectivity index (χ3n) is 8.45. The third-order valence-corrected chi connectivity index (χ3v) is 18.1. The fourth-order valence-corrected chi connectivity index (χ4v) is 16.8. The van der Waals surface area contributed by atoms with Crippen LogP contribution < -0.4 is 42.2 Å². The molecule has 0 radical (unpaired) electrons. The van der Waals surface area contributed by atoms with E-state index in [1.807, 2.05) is 0 Å². The molecule has 0 aliphatic carbocycles. The van der Waals surface area contributed by atoms with E-state index >= 15 is 0 Å². The summed E-state index contributed by atoms with van der Waals surface area (Å²) in [6.07, 6.45) is 2.50. The summed E-state index contributed by atoms with van der Waals surface area (Å²) in [7, 11) is -3.84. The van der Waals surface area contributed by atoms with Crippen LogP contribution in [0.15, 0.2) is 182 Å². The summed E-state index contributed by atoms with van der Waals surface area (Å²) < 4.78 is 0. The Morgan fingerprint density at radius 1 is 0.444 bits per heavy atom. The van der Waals surface area contributed by atoms with E-state index in [9.17, 15) is 0 Å². The molecule has 0 aliphatic rings. The molecule has 0 atom stereocenters. The van der Waals surface area contributed by atoms with Gasteiger partial charge in [-0.05, 0) is 77.9 Å². The van der Waals surface area contributed by atoms with E-state index in [1.54, 1.807) is 10.4 Å². The Labute approximate surface area is 273 Å². The number of benzene rings is 6. The lowest BCUT2D eigenvalue weighted by Crippen LogP contribution is -2.63. The van der Waals surface area contributed by atoms with Gasteiger partial charge >= 0.3 is 0 Å². The van der Waals surface area contributed by atoms with Crippen LogP contribution in [0.1, 0.15) is 13.8 Å². The molecule has 6 rings (SSSR count). The quantitative estimate of drug-likeness (QED) is 0.0840. The van der Waals surface area contributed by atoms with Crippen LogP contribution in [0, 0.1) is 0 Å². The molecule has 222 valence electrons. The van der Waals surface area contributed by atoms with Crippen LogP contribution in [0.25, 0.3) is 0 Å². The summed E-state index contributed by atoms with van der Waals surface area (Å²) in [6.45, 7) is 7.11. The van der Waals surface area contributed by atoms with Gasteiger partial charge in [0.25, 0.3) is 0 Å². The maximum absolute atomic E-state index is 2.62. The normalized spacial score (nSPS) is 11.5. The van der Waals surface area contributed by atoms with E-state index in [1.165, 1.54) is 37.4 Å². The molecular weight excluding hydrogens is 594 g/mol. The number of hydrogen-bond acceptors (Lipinski definition) is 0. The molecule has 0 aliphatic heterocycles. The van der Waals surface area contributed by atoms with E-state index in [4.69, 9.17) is 0 Å². The lowest BCUT2D eigenvalue weighted by molar-refractivity contribution is 1.35. The van der Waals surface area contributed by atoms with Gasteiger partial charge in [-0.15, -0.1) is 0 Å². The van der Waals surface area contributed by atoms with Gasteiger partial charge in [0.15, 0.2) is 0 Å². The molecule has 0 aromatic heterocycles. The van der Waals surface area contributed by atoms with Gasteiger partial charge in [0, 0.05) is 0 Å². The zero-order valence-corrected chi connectivity index (χ0v) is 29.1. The highest BCUT2D eigenvalue weighted by Crippen LogP contribution is 2.35. The molecule has 6 aromatic rings. The molecule has 0 saturated carbocycles. The Balaban J connectivity index is 1.62. The maximum atomic E-state index is 2.62. The van der Waals surface area contributed by atoms with E-state index in [-0.39, 0.29) is 0 Å². The number of rotatable bonds is 10. The first-order valence-electron chi connectivity index (χ1n) is 15.7. The summed E-state index contributed by atoms with van der Waals surface area (Å²) in [5.74, 6) is 0. The second-order valence-electron chi connectivity index (χ2n) is 11.9. The van der Waals surface area contributed by atoms with Crippen LogP contribution in [0.2, 0.25) is 12.6 Å². The van der Waals surface area contributed by atoms with Crippen LogP contribution in [0.3, 0.4) is 0 Å². The molecule has 45 heavy (non-hydrogen) atoms. The Hall–Kier alpha value is -3.86. The van der Waals surface area contributed by atoms with Crippen LogP contribution in [0.5, 0.6) is 0 Å². The molecule has 0 nitrogen and oxygen atoms in total. The highest BCUT2D eigenvalue weighted by atomic mass is 31.1. The van der Waals surface area contributed by atoms with Crippen LogP contribution in [-0.2, 0) is 0 Å². The predicted molar refractivity (Wildman–Crippen MR) is 205 cm³/mol. The van der Waals surface area contributed by atoms with Gasteiger partial charge in [-0.25, -0.2) is 0 Å². The Kier molecular flexibility index (Phi) is 10.0. The fraction of sp³-hybridized carbons (Fsp3) is 0.0952. The van der Waals surface area contributed by atoms with Crippen molar-refractivity contribution in [2.75, 3.05) is 0 Å².